The average molecular weight is 268 g/mol. The van der Waals surface area contributed by atoms with E-state index < -0.39 is 0 Å². The summed E-state index contributed by atoms with van der Waals surface area (Å²) in [6.45, 7) is 10.2. The zero-order valence-electron chi connectivity index (χ0n) is 12.3. The van der Waals surface area contributed by atoms with E-state index in [9.17, 15) is 0 Å². The lowest BCUT2D eigenvalue weighted by Crippen LogP contribution is -2.41. The molecule has 1 unspecified atom stereocenters. The minimum Gasteiger partial charge on any atom is -0.315 e. The van der Waals surface area contributed by atoms with Crippen molar-refractivity contribution in [2.24, 2.45) is 5.92 Å². The van der Waals surface area contributed by atoms with Gasteiger partial charge in [0.05, 0.1) is 0 Å². The largest absolute Gasteiger partial charge is 0.315 e. The van der Waals surface area contributed by atoms with Crippen LogP contribution >= 0.6 is 11.3 Å². The average Bonchev–Trinajstić information content (AvgIpc) is 2.84. The van der Waals surface area contributed by atoms with Gasteiger partial charge in [-0.3, -0.25) is 0 Å². The number of likely N-dealkylation sites (N-methyl/N-ethyl adjacent to an activating group) is 1. The predicted octanol–water partition coefficient (Wildman–Crippen LogP) is 3.25. The molecule has 1 aromatic heterocycles. The van der Waals surface area contributed by atoms with E-state index in [1.54, 1.807) is 0 Å². The van der Waals surface area contributed by atoms with Crippen LogP contribution in [0, 0.1) is 5.92 Å². The first kappa shape index (κ1) is 15.7. The van der Waals surface area contributed by atoms with E-state index in [1.807, 2.05) is 11.3 Å². The second-order valence-electron chi connectivity index (χ2n) is 5.42. The zero-order chi connectivity index (χ0) is 13.4. The van der Waals surface area contributed by atoms with Gasteiger partial charge in [0.2, 0.25) is 0 Å². The van der Waals surface area contributed by atoms with E-state index in [0.29, 0.717) is 6.04 Å². The Morgan fingerprint density at radius 1 is 1.33 bits per heavy atom. The molecule has 18 heavy (non-hydrogen) atoms. The van der Waals surface area contributed by atoms with Gasteiger partial charge in [-0.2, -0.15) is 0 Å². The van der Waals surface area contributed by atoms with Gasteiger partial charge in [0.1, 0.15) is 0 Å². The van der Waals surface area contributed by atoms with E-state index in [-0.39, 0.29) is 0 Å². The summed E-state index contributed by atoms with van der Waals surface area (Å²) in [6, 6.07) is 5.03. The molecule has 0 bridgehead atoms. The van der Waals surface area contributed by atoms with Crippen LogP contribution in [-0.2, 0) is 6.42 Å². The van der Waals surface area contributed by atoms with Gasteiger partial charge in [0.25, 0.3) is 0 Å². The fourth-order valence-corrected chi connectivity index (χ4v) is 2.77. The van der Waals surface area contributed by atoms with Gasteiger partial charge >= 0.3 is 0 Å². The van der Waals surface area contributed by atoms with Gasteiger partial charge in [-0.05, 0) is 43.8 Å². The summed E-state index contributed by atoms with van der Waals surface area (Å²) in [5.74, 6) is 0.735. The third kappa shape index (κ3) is 5.98. The lowest BCUT2D eigenvalue weighted by Gasteiger charge is -2.27. The highest BCUT2D eigenvalue weighted by atomic mass is 32.1. The van der Waals surface area contributed by atoms with Crippen molar-refractivity contribution in [1.29, 1.82) is 0 Å². The van der Waals surface area contributed by atoms with Crippen molar-refractivity contribution in [3.05, 3.63) is 22.4 Å². The third-order valence-electron chi connectivity index (χ3n) is 3.32. The summed E-state index contributed by atoms with van der Waals surface area (Å²) in [5, 5.41) is 5.73. The second kappa shape index (κ2) is 8.68. The van der Waals surface area contributed by atoms with E-state index in [4.69, 9.17) is 0 Å². The molecule has 0 radical (unpaired) electrons. The third-order valence-corrected chi connectivity index (χ3v) is 4.25. The van der Waals surface area contributed by atoms with E-state index in [1.165, 1.54) is 17.7 Å². The van der Waals surface area contributed by atoms with Gasteiger partial charge in [0.15, 0.2) is 0 Å². The Hall–Kier alpha value is -0.380. The van der Waals surface area contributed by atoms with Crippen LogP contribution in [0.15, 0.2) is 17.5 Å². The second-order valence-corrected chi connectivity index (χ2v) is 6.46. The van der Waals surface area contributed by atoms with Crippen molar-refractivity contribution in [2.75, 3.05) is 26.7 Å². The van der Waals surface area contributed by atoms with Crippen molar-refractivity contribution in [3.8, 4) is 0 Å². The number of rotatable bonds is 9. The standard InChI is InChI=1S/C15H28N2S/c1-5-14(12-16-11-13(2)3)17(4)9-8-15-7-6-10-18-15/h6-7,10,13-14,16H,5,8-9,11-12H2,1-4H3. The highest BCUT2D eigenvalue weighted by Crippen LogP contribution is 2.10. The molecular formula is C15H28N2S. The summed E-state index contributed by atoms with van der Waals surface area (Å²) >= 11 is 1.86. The molecule has 0 amide bonds. The normalized spacial score (nSPS) is 13.4. The van der Waals surface area contributed by atoms with Crippen LogP contribution in [0.25, 0.3) is 0 Å². The van der Waals surface area contributed by atoms with Crippen molar-refractivity contribution >= 4 is 11.3 Å². The highest BCUT2D eigenvalue weighted by molar-refractivity contribution is 7.09. The number of nitrogens with one attached hydrogen (secondary N) is 1. The van der Waals surface area contributed by atoms with Crippen LogP contribution in [0.4, 0.5) is 0 Å². The van der Waals surface area contributed by atoms with Crippen molar-refractivity contribution in [1.82, 2.24) is 10.2 Å². The molecule has 0 aliphatic carbocycles. The smallest absolute Gasteiger partial charge is 0.0215 e. The van der Waals surface area contributed by atoms with Crippen LogP contribution in [-0.4, -0.2) is 37.6 Å². The summed E-state index contributed by atoms with van der Waals surface area (Å²) in [4.78, 5) is 3.99. The Balaban J connectivity index is 2.25. The molecule has 104 valence electrons. The summed E-state index contributed by atoms with van der Waals surface area (Å²) in [5.41, 5.74) is 0. The Bertz CT molecular complexity index is 295. The first-order valence-electron chi connectivity index (χ1n) is 7.06. The van der Waals surface area contributed by atoms with Gasteiger partial charge in [-0.25, -0.2) is 0 Å². The summed E-state index contributed by atoms with van der Waals surface area (Å²) in [7, 11) is 2.25. The molecule has 1 rings (SSSR count). The molecule has 0 spiro atoms. The molecule has 0 saturated heterocycles. The molecule has 0 fully saturated rings. The number of hydrogen-bond donors (Lipinski definition) is 1. The monoisotopic (exact) mass is 268 g/mol. The Labute approximate surface area is 116 Å². The molecule has 0 aromatic carbocycles. The van der Waals surface area contributed by atoms with Crippen molar-refractivity contribution in [2.45, 2.75) is 39.7 Å². The lowest BCUT2D eigenvalue weighted by atomic mass is 10.1. The molecule has 1 atom stereocenters. The fraction of sp³-hybridized carbons (Fsp3) is 0.733. The minimum atomic E-state index is 0.656. The van der Waals surface area contributed by atoms with Crippen molar-refractivity contribution in [3.63, 3.8) is 0 Å². The number of hydrogen-bond acceptors (Lipinski definition) is 3. The maximum atomic E-state index is 3.57. The molecule has 2 nitrogen and oxygen atoms in total. The van der Waals surface area contributed by atoms with Crippen LogP contribution < -0.4 is 5.32 Å². The molecule has 1 N–H and O–H groups in total. The quantitative estimate of drug-likeness (QED) is 0.739. The lowest BCUT2D eigenvalue weighted by molar-refractivity contribution is 0.230. The van der Waals surface area contributed by atoms with E-state index in [0.717, 1.165) is 25.6 Å². The van der Waals surface area contributed by atoms with E-state index in [2.05, 4.69) is 55.5 Å². The van der Waals surface area contributed by atoms with Crippen LogP contribution in [0.3, 0.4) is 0 Å². The molecule has 1 heterocycles. The van der Waals surface area contributed by atoms with E-state index >= 15 is 0 Å². The number of nitrogens with zero attached hydrogens (tertiary/aromatic N) is 1. The maximum Gasteiger partial charge on any atom is 0.0215 e. The molecule has 0 saturated carbocycles. The zero-order valence-corrected chi connectivity index (χ0v) is 13.1. The van der Waals surface area contributed by atoms with Gasteiger partial charge in [-0.1, -0.05) is 26.8 Å². The Morgan fingerprint density at radius 3 is 2.67 bits per heavy atom. The minimum absolute atomic E-state index is 0.656. The predicted molar refractivity (Wildman–Crippen MR) is 82.4 cm³/mol. The Kier molecular flexibility index (Phi) is 7.56. The highest BCUT2D eigenvalue weighted by Gasteiger charge is 2.12. The maximum absolute atomic E-state index is 3.57. The van der Waals surface area contributed by atoms with Crippen LogP contribution in [0.5, 0.6) is 0 Å². The molecule has 0 aliphatic heterocycles. The van der Waals surface area contributed by atoms with Crippen LogP contribution in [0.2, 0.25) is 0 Å². The van der Waals surface area contributed by atoms with Crippen molar-refractivity contribution < 1.29 is 0 Å². The van der Waals surface area contributed by atoms with Gasteiger partial charge in [-0.15, -0.1) is 11.3 Å². The van der Waals surface area contributed by atoms with Gasteiger partial charge < -0.3 is 10.2 Å². The number of thiophene rings is 1. The fourth-order valence-electron chi connectivity index (χ4n) is 2.07. The van der Waals surface area contributed by atoms with Crippen LogP contribution in [0.1, 0.15) is 32.1 Å². The topological polar surface area (TPSA) is 15.3 Å². The first-order valence-corrected chi connectivity index (χ1v) is 7.94. The Morgan fingerprint density at radius 2 is 2.11 bits per heavy atom. The summed E-state index contributed by atoms with van der Waals surface area (Å²) in [6.07, 6.45) is 2.39. The van der Waals surface area contributed by atoms with Gasteiger partial charge in [0, 0.05) is 24.0 Å². The summed E-state index contributed by atoms with van der Waals surface area (Å²) < 4.78 is 0. The molecular weight excluding hydrogens is 240 g/mol. The first-order chi connectivity index (χ1) is 8.63. The molecule has 0 aliphatic rings. The molecule has 1 aromatic rings. The molecule has 3 heteroatoms. The SMILES string of the molecule is CCC(CNCC(C)C)N(C)CCc1cccs1.